The van der Waals surface area contributed by atoms with Gasteiger partial charge in [-0.1, -0.05) is 0 Å². The van der Waals surface area contributed by atoms with Gasteiger partial charge >= 0.3 is 5.97 Å². The Morgan fingerprint density at radius 1 is 1.31 bits per heavy atom. The summed E-state index contributed by atoms with van der Waals surface area (Å²) in [5.74, 6) is 1.38. The Morgan fingerprint density at radius 3 is 2.38 bits per heavy atom. The molecule has 2 unspecified atom stereocenters. The minimum Gasteiger partial charge on any atom is -0.459 e. The van der Waals surface area contributed by atoms with Gasteiger partial charge in [0.2, 0.25) is 0 Å². The number of hydrogen-bond donors (Lipinski definition) is 1. The third-order valence-electron chi connectivity index (χ3n) is 3.24. The van der Waals surface area contributed by atoms with Crippen LogP contribution in [0.5, 0.6) is 0 Å². The number of rotatable bonds is 2. The first-order valence-electron chi connectivity index (χ1n) is 6.09. The van der Waals surface area contributed by atoms with Crippen LogP contribution in [0.4, 0.5) is 0 Å². The van der Waals surface area contributed by atoms with E-state index >= 15 is 0 Å². The monoisotopic (exact) mass is 226 g/mol. The van der Waals surface area contributed by atoms with Crippen LogP contribution >= 0.6 is 0 Å². The van der Waals surface area contributed by atoms with Crippen molar-refractivity contribution in [1.29, 1.82) is 0 Å². The molecule has 2 aliphatic heterocycles. The first kappa shape index (κ1) is 11.9. The van der Waals surface area contributed by atoms with Crippen molar-refractivity contribution in [3.63, 3.8) is 0 Å². The van der Waals surface area contributed by atoms with Crippen molar-refractivity contribution in [3.05, 3.63) is 0 Å². The summed E-state index contributed by atoms with van der Waals surface area (Å²) in [5, 5.41) is 3.39. The molecule has 0 aliphatic carbocycles. The average molecular weight is 226 g/mol. The fourth-order valence-corrected chi connectivity index (χ4v) is 2.64. The summed E-state index contributed by atoms with van der Waals surface area (Å²) in [6, 6.07) is 0. The summed E-state index contributed by atoms with van der Waals surface area (Å²) in [7, 11) is 0. The molecule has 2 fully saturated rings. The second-order valence-corrected chi connectivity index (χ2v) is 5.96. The molecule has 0 amide bonds. The highest BCUT2D eigenvalue weighted by Crippen LogP contribution is 2.26. The summed E-state index contributed by atoms with van der Waals surface area (Å²) >= 11 is 0. The topological polar surface area (TPSA) is 41.6 Å². The number of ether oxygens (including phenoxy) is 1. The maximum atomic E-state index is 11.7. The number of esters is 1. The first-order valence-corrected chi connectivity index (χ1v) is 6.09. The molecular weight excluding hydrogens is 204 g/mol. The van der Waals surface area contributed by atoms with Crippen molar-refractivity contribution in [2.75, 3.05) is 32.7 Å². The van der Waals surface area contributed by atoms with Gasteiger partial charge < -0.3 is 10.1 Å². The van der Waals surface area contributed by atoms with Crippen LogP contribution in [0.3, 0.4) is 0 Å². The highest BCUT2D eigenvalue weighted by Gasteiger charge is 2.36. The molecule has 2 saturated heterocycles. The van der Waals surface area contributed by atoms with Crippen molar-refractivity contribution in [3.8, 4) is 0 Å². The molecule has 2 heterocycles. The molecule has 16 heavy (non-hydrogen) atoms. The summed E-state index contributed by atoms with van der Waals surface area (Å²) < 4.78 is 5.33. The summed E-state index contributed by atoms with van der Waals surface area (Å²) in [5.41, 5.74) is -0.367. The van der Waals surface area contributed by atoms with Gasteiger partial charge in [-0.05, 0) is 45.7 Å². The summed E-state index contributed by atoms with van der Waals surface area (Å²) in [6.07, 6.45) is 0. The van der Waals surface area contributed by atoms with E-state index < -0.39 is 0 Å². The lowest BCUT2D eigenvalue weighted by Gasteiger charge is -2.22. The van der Waals surface area contributed by atoms with Crippen LogP contribution in [-0.2, 0) is 9.53 Å². The number of nitrogens with zero attached hydrogens (tertiary/aromatic N) is 1. The van der Waals surface area contributed by atoms with Gasteiger partial charge in [-0.25, -0.2) is 0 Å². The fourth-order valence-electron chi connectivity index (χ4n) is 2.64. The maximum absolute atomic E-state index is 11.7. The molecule has 2 rings (SSSR count). The normalized spacial score (nSPS) is 30.4. The first-order chi connectivity index (χ1) is 7.44. The Labute approximate surface area is 97.3 Å². The van der Waals surface area contributed by atoms with Gasteiger partial charge in [0.05, 0.1) is 6.54 Å². The fraction of sp³-hybridized carbons (Fsp3) is 0.917. The van der Waals surface area contributed by atoms with E-state index in [-0.39, 0.29) is 11.6 Å². The van der Waals surface area contributed by atoms with Crippen molar-refractivity contribution in [2.45, 2.75) is 26.4 Å². The predicted octanol–water partition coefficient (Wildman–Crippen LogP) is 0.479. The van der Waals surface area contributed by atoms with Gasteiger partial charge in [-0.2, -0.15) is 0 Å². The lowest BCUT2D eigenvalue weighted by molar-refractivity contribution is -0.155. The van der Waals surface area contributed by atoms with Crippen LogP contribution in [-0.4, -0.2) is 49.2 Å². The molecule has 2 aliphatic rings. The Kier molecular flexibility index (Phi) is 3.22. The van der Waals surface area contributed by atoms with E-state index in [0.29, 0.717) is 6.54 Å². The van der Waals surface area contributed by atoms with E-state index in [1.165, 1.54) is 0 Å². The quantitative estimate of drug-likeness (QED) is 0.695. The molecule has 0 bridgehead atoms. The highest BCUT2D eigenvalue weighted by molar-refractivity contribution is 5.72. The van der Waals surface area contributed by atoms with Gasteiger partial charge in [0.25, 0.3) is 0 Å². The molecule has 1 N–H and O–H groups in total. The van der Waals surface area contributed by atoms with Crippen molar-refractivity contribution in [2.24, 2.45) is 11.8 Å². The van der Waals surface area contributed by atoms with Crippen LogP contribution < -0.4 is 5.32 Å². The van der Waals surface area contributed by atoms with E-state index in [1.54, 1.807) is 0 Å². The molecule has 4 nitrogen and oxygen atoms in total. The van der Waals surface area contributed by atoms with Gasteiger partial charge in [0.1, 0.15) is 5.60 Å². The van der Waals surface area contributed by atoms with Gasteiger partial charge in [-0.3, -0.25) is 9.69 Å². The largest absolute Gasteiger partial charge is 0.459 e. The van der Waals surface area contributed by atoms with Crippen molar-refractivity contribution in [1.82, 2.24) is 10.2 Å². The molecule has 0 aromatic rings. The number of fused-ring (bicyclic) bond motifs is 1. The zero-order chi connectivity index (χ0) is 11.8. The van der Waals surface area contributed by atoms with Gasteiger partial charge in [-0.15, -0.1) is 0 Å². The van der Waals surface area contributed by atoms with E-state index in [4.69, 9.17) is 4.74 Å². The number of nitrogens with one attached hydrogen (secondary N) is 1. The smallest absolute Gasteiger partial charge is 0.320 e. The van der Waals surface area contributed by atoms with E-state index in [9.17, 15) is 4.79 Å². The predicted molar refractivity (Wildman–Crippen MR) is 62.1 cm³/mol. The lowest BCUT2D eigenvalue weighted by atomic mass is 10.0. The third-order valence-corrected chi connectivity index (χ3v) is 3.24. The molecule has 0 radical (unpaired) electrons. The van der Waals surface area contributed by atoms with Gasteiger partial charge in [0.15, 0.2) is 0 Å². The van der Waals surface area contributed by atoms with E-state index in [0.717, 1.165) is 38.0 Å². The summed E-state index contributed by atoms with van der Waals surface area (Å²) in [6.45, 7) is 10.5. The zero-order valence-corrected chi connectivity index (χ0v) is 10.5. The molecule has 0 aromatic carbocycles. The Hall–Kier alpha value is -0.610. The summed E-state index contributed by atoms with van der Waals surface area (Å²) in [4.78, 5) is 13.9. The zero-order valence-electron chi connectivity index (χ0n) is 10.5. The minimum absolute atomic E-state index is 0.0968. The Balaban J connectivity index is 1.77. The van der Waals surface area contributed by atoms with Crippen LogP contribution in [0.25, 0.3) is 0 Å². The van der Waals surface area contributed by atoms with E-state index in [1.807, 2.05) is 20.8 Å². The highest BCUT2D eigenvalue weighted by atomic mass is 16.6. The molecular formula is C12H22N2O2. The van der Waals surface area contributed by atoms with E-state index in [2.05, 4.69) is 10.2 Å². The van der Waals surface area contributed by atoms with Crippen molar-refractivity contribution >= 4 is 5.97 Å². The molecule has 0 spiro atoms. The number of carbonyl (C=O) groups excluding carboxylic acids is 1. The number of hydrogen-bond acceptors (Lipinski definition) is 4. The standard InChI is InChI=1S/C12H22N2O2/c1-12(2,3)16-11(15)8-14-6-9-4-13-5-10(9)7-14/h9-10,13H,4-8H2,1-3H3. The average Bonchev–Trinajstić information content (AvgIpc) is 2.58. The number of likely N-dealkylation sites (tertiary alicyclic amines) is 1. The molecule has 2 atom stereocenters. The molecule has 92 valence electrons. The molecule has 0 aromatic heterocycles. The molecule has 0 saturated carbocycles. The van der Waals surface area contributed by atoms with Crippen LogP contribution in [0.15, 0.2) is 0 Å². The SMILES string of the molecule is CC(C)(C)OC(=O)CN1CC2CNCC2C1. The minimum atomic E-state index is -0.367. The lowest BCUT2D eigenvalue weighted by Crippen LogP contribution is -2.35. The van der Waals surface area contributed by atoms with Crippen LogP contribution in [0, 0.1) is 11.8 Å². The maximum Gasteiger partial charge on any atom is 0.320 e. The van der Waals surface area contributed by atoms with Crippen LogP contribution in [0.2, 0.25) is 0 Å². The second kappa shape index (κ2) is 4.34. The van der Waals surface area contributed by atoms with Crippen molar-refractivity contribution < 1.29 is 9.53 Å². The Morgan fingerprint density at radius 2 is 1.88 bits per heavy atom. The van der Waals surface area contributed by atoms with Gasteiger partial charge in [0, 0.05) is 13.1 Å². The second-order valence-electron chi connectivity index (χ2n) is 5.96. The Bertz CT molecular complexity index is 261. The number of carbonyl (C=O) groups is 1. The third kappa shape index (κ3) is 2.95. The van der Waals surface area contributed by atoms with Crippen LogP contribution in [0.1, 0.15) is 20.8 Å². The molecule has 4 heteroatoms.